The predicted octanol–water partition coefficient (Wildman–Crippen LogP) is 5.58. The molecule has 2 rings (SSSR count). The minimum atomic E-state index is -0.308. The lowest BCUT2D eigenvalue weighted by Gasteiger charge is -2.16. The minimum Gasteiger partial charge on any atom is -0.496 e. The molecule has 0 atom stereocenters. The van der Waals surface area contributed by atoms with Crippen LogP contribution in [0.15, 0.2) is 30.3 Å². The number of methoxy groups -OCH3 is 2. The zero-order valence-electron chi connectivity index (χ0n) is 14.6. The number of halogens is 2. The summed E-state index contributed by atoms with van der Waals surface area (Å²) in [5, 5.41) is 0.452. The van der Waals surface area contributed by atoms with Gasteiger partial charge in [-0.1, -0.05) is 25.4 Å². The second-order valence-corrected chi connectivity index (χ2v) is 7.37. The van der Waals surface area contributed by atoms with Crippen molar-refractivity contribution in [2.45, 2.75) is 26.2 Å². The molecule has 4 nitrogen and oxygen atoms in total. The Bertz CT molecular complexity index is 751. The molecule has 0 bridgehead atoms. The highest BCUT2D eigenvalue weighted by atomic mass is 127. The fourth-order valence-corrected chi connectivity index (χ4v) is 3.64. The van der Waals surface area contributed by atoms with Gasteiger partial charge in [-0.25, -0.2) is 0 Å². The van der Waals surface area contributed by atoms with Gasteiger partial charge in [-0.15, -0.1) is 0 Å². The monoisotopic (exact) mass is 474 g/mol. The Kier molecular flexibility index (Phi) is 6.95. The number of hydrogen-bond acceptors (Lipinski definition) is 4. The summed E-state index contributed by atoms with van der Waals surface area (Å²) >= 11 is 8.51. The van der Waals surface area contributed by atoms with Crippen molar-refractivity contribution in [1.82, 2.24) is 0 Å². The molecular weight excluding hydrogens is 455 g/mol. The van der Waals surface area contributed by atoms with Crippen molar-refractivity contribution in [3.8, 4) is 17.2 Å². The normalized spacial score (nSPS) is 10.7. The molecule has 0 aliphatic rings. The lowest BCUT2D eigenvalue weighted by Crippen LogP contribution is -2.05. The molecule has 0 saturated heterocycles. The molecule has 0 aromatic heterocycles. The average Bonchev–Trinajstić information content (AvgIpc) is 2.57. The van der Waals surface area contributed by atoms with Crippen LogP contribution in [0.1, 0.15) is 30.9 Å². The van der Waals surface area contributed by atoms with Crippen molar-refractivity contribution in [2.24, 2.45) is 0 Å². The summed E-state index contributed by atoms with van der Waals surface area (Å²) in [6, 6.07) is 9.28. The van der Waals surface area contributed by atoms with E-state index in [1.807, 2.05) is 24.3 Å². The van der Waals surface area contributed by atoms with Crippen molar-refractivity contribution in [2.75, 3.05) is 14.2 Å². The number of benzene rings is 2. The van der Waals surface area contributed by atoms with Crippen LogP contribution in [0.2, 0.25) is 5.02 Å². The molecule has 0 N–H and O–H groups in total. The number of esters is 1. The van der Waals surface area contributed by atoms with Crippen LogP contribution < -0.4 is 9.47 Å². The molecule has 0 aliphatic carbocycles. The van der Waals surface area contributed by atoms with Crippen LogP contribution >= 0.6 is 34.2 Å². The fourth-order valence-electron chi connectivity index (χ4n) is 2.40. The van der Waals surface area contributed by atoms with Gasteiger partial charge in [-0.3, -0.25) is 4.79 Å². The highest BCUT2D eigenvalue weighted by Gasteiger charge is 2.15. The van der Waals surface area contributed by atoms with E-state index in [2.05, 4.69) is 41.2 Å². The highest BCUT2D eigenvalue weighted by molar-refractivity contribution is 14.1. The van der Waals surface area contributed by atoms with Gasteiger partial charge in [0.1, 0.15) is 11.5 Å². The number of carbonyl (C=O) groups is 1. The zero-order valence-corrected chi connectivity index (χ0v) is 17.5. The van der Waals surface area contributed by atoms with Gasteiger partial charge in [0.15, 0.2) is 5.75 Å². The number of hydrogen-bond donors (Lipinski definition) is 0. The third-order valence-electron chi connectivity index (χ3n) is 3.68. The summed E-state index contributed by atoms with van der Waals surface area (Å²) in [6.45, 7) is 4.19. The van der Waals surface area contributed by atoms with Gasteiger partial charge in [-0.05, 0) is 64.4 Å². The lowest BCUT2D eigenvalue weighted by molar-refractivity contribution is -0.139. The van der Waals surface area contributed by atoms with E-state index in [1.165, 1.54) is 7.11 Å². The summed E-state index contributed by atoms with van der Waals surface area (Å²) in [7, 11) is 3.02. The van der Waals surface area contributed by atoms with E-state index in [-0.39, 0.29) is 12.4 Å². The Morgan fingerprint density at radius 2 is 1.92 bits per heavy atom. The topological polar surface area (TPSA) is 44.8 Å². The van der Waals surface area contributed by atoms with E-state index >= 15 is 0 Å². The van der Waals surface area contributed by atoms with E-state index < -0.39 is 0 Å². The third-order valence-corrected chi connectivity index (χ3v) is 4.76. The Morgan fingerprint density at radius 1 is 1.20 bits per heavy atom. The number of rotatable bonds is 6. The maximum Gasteiger partial charge on any atom is 0.309 e. The first-order valence-corrected chi connectivity index (χ1v) is 9.22. The summed E-state index contributed by atoms with van der Waals surface area (Å²) in [5.74, 6) is 2.07. The molecule has 0 saturated carbocycles. The van der Waals surface area contributed by atoms with Crippen molar-refractivity contribution in [3.05, 3.63) is 50.1 Å². The van der Waals surface area contributed by atoms with Crippen molar-refractivity contribution in [3.63, 3.8) is 0 Å². The summed E-state index contributed by atoms with van der Waals surface area (Å²) < 4.78 is 16.9. The summed E-state index contributed by atoms with van der Waals surface area (Å²) in [6.07, 6.45) is 0.173. The van der Waals surface area contributed by atoms with Gasteiger partial charge >= 0.3 is 5.97 Å². The molecule has 0 aliphatic heterocycles. The zero-order chi connectivity index (χ0) is 18.6. The van der Waals surface area contributed by atoms with E-state index in [4.69, 9.17) is 21.1 Å². The SMILES string of the molecule is COC(=O)Cc1cc(Cl)c(Oc2ccc(OC)c(C(C)C)c2)c(I)c1. The Morgan fingerprint density at radius 3 is 2.48 bits per heavy atom. The molecule has 0 spiro atoms. The highest BCUT2D eigenvalue weighted by Crippen LogP contribution is 2.37. The number of ether oxygens (including phenoxy) is 3. The molecule has 0 heterocycles. The average molecular weight is 475 g/mol. The third kappa shape index (κ3) is 5.01. The lowest BCUT2D eigenvalue weighted by atomic mass is 10.0. The van der Waals surface area contributed by atoms with Crippen LogP contribution in [-0.2, 0) is 16.0 Å². The van der Waals surface area contributed by atoms with E-state index in [9.17, 15) is 4.79 Å². The van der Waals surface area contributed by atoms with Gasteiger partial charge in [-0.2, -0.15) is 0 Å². The molecule has 0 amide bonds. The maximum absolute atomic E-state index is 11.4. The van der Waals surface area contributed by atoms with Crippen LogP contribution in [0.3, 0.4) is 0 Å². The standard InChI is InChI=1S/C19H20ClIO4/c1-11(2)14-10-13(5-6-17(14)23-3)25-19-15(20)7-12(8-16(19)21)9-18(22)24-4/h5-8,10-11H,9H2,1-4H3. The maximum atomic E-state index is 11.4. The molecule has 2 aromatic carbocycles. The molecule has 6 heteroatoms. The second kappa shape index (κ2) is 8.76. The molecule has 25 heavy (non-hydrogen) atoms. The summed E-state index contributed by atoms with van der Waals surface area (Å²) in [4.78, 5) is 11.4. The Balaban J connectivity index is 2.31. The Labute approximate surface area is 166 Å². The van der Waals surface area contributed by atoms with Gasteiger partial charge in [0.25, 0.3) is 0 Å². The van der Waals surface area contributed by atoms with Crippen LogP contribution in [0.5, 0.6) is 17.2 Å². The first-order chi connectivity index (χ1) is 11.8. The van der Waals surface area contributed by atoms with Crippen LogP contribution in [0.25, 0.3) is 0 Å². The van der Waals surface area contributed by atoms with E-state index in [0.717, 1.165) is 20.4 Å². The largest absolute Gasteiger partial charge is 0.496 e. The van der Waals surface area contributed by atoms with Crippen LogP contribution in [-0.4, -0.2) is 20.2 Å². The molecule has 0 unspecified atom stereocenters. The van der Waals surface area contributed by atoms with Gasteiger partial charge in [0, 0.05) is 5.56 Å². The first-order valence-electron chi connectivity index (χ1n) is 7.76. The van der Waals surface area contributed by atoms with Crippen LogP contribution in [0, 0.1) is 3.57 Å². The predicted molar refractivity (Wildman–Crippen MR) is 107 cm³/mol. The van der Waals surface area contributed by atoms with E-state index in [1.54, 1.807) is 13.2 Å². The van der Waals surface area contributed by atoms with Gasteiger partial charge in [0.05, 0.1) is 29.2 Å². The van der Waals surface area contributed by atoms with Gasteiger partial charge < -0.3 is 14.2 Å². The molecule has 2 aromatic rings. The van der Waals surface area contributed by atoms with E-state index in [0.29, 0.717) is 22.4 Å². The van der Waals surface area contributed by atoms with Crippen molar-refractivity contribution < 1.29 is 19.0 Å². The van der Waals surface area contributed by atoms with Gasteiger partial charge in [0.2, 0.25) is 0 Å². The summed E-state index contributed by atoms with van der Waals surface area (Å²) in [5.41, 5.74) is 1.85. The smallest absolute Gasteiger partial charge is 0.309 e. The quantitative estimate of drug-likeness (QED) is 0.405. The molecular formula is C19H20ClIO4. The van der Waals surface area contributed by atoms with Crippen LogP contribution in [0.4, 0.5) is 0 Å². The fraction of sp³-hybridized carbons (Fsp3) is 0.316. The second-order valence-electron chi connectivity index (χ2n) is 5.80. The molecule has 0 fully saturated rings. The molecule has 0 radical (unpaired) electrons. The van der Waals surface area contributed by atoms with Crippen molar-refractivity contribution >= 4 is 40.2 Å². The minimum absolute atomic E-state index is 0.173. The van der Waals surface area contributed by atoms with Crippen molar-refractivity contribution in [1.29, 1.82) is 0 Å². The first kappa shape index (κ1) is 19.8. The molecule has 134 valence electrons. The Hall–Kier alpha value is -1.47. The number of carbonyl (C=O) groups excluding carboxylic acids is 1.